The number of nitrogens with one attached hydrogen (secondary N) is 1. The number of aromatic amines is 1. The standard InChI is InChI=1S/C8H7N3O/c1-5-10-7-2-3-9-4-6(7)8(12)11-5/h2-4H,1H3,(H,10,11,12). The van der Waals surface area contributed by atoms with Gasteiger partial charge in [0.25, 0.3) is 5.56 Å². The molecule has 0 atom stereocenters. The van der Waals surface area contributed by atoms with Crippen molar-refractivity contribution in [3.8, 4) is 0 Å². The maximum atomic E-state index is 11.3. The molecule has 4 heteroatoms. The normalized spacial score (nSPS) is 10.4. The van der Waals surface area contributed by atoms with Crippen LogP contribution in [-0.4, -0.2) is 15.0 Å². The SMILES string of the molecule is Cc1nc2ccncc2c(=O)[nH]1. The van der Waals surface area contributed by atoms with Gasteiger partial charge in [0.15, 0.2) is 0 Å². The molecule has 2 aromatic rings. The average Bonchev–Trinajstić information content (AvgIpc) is 2.04. The molecule has 0 aliphatic rings. The minimum atomic E-state index is -0.134. The van der Waals surface area contributed by atoms with Gasteiger partial charge in [-0.25, -0.2) is 4.98 Å². The summed E-state index contributed by atoms with van der Waals surface area (Å²) in [4.78, 5) is 21.9. The number of nitrogens with zero attached hydrogens (tertiary/aromatic N) is 2. The third kappa shape index (κ3) is 0.972. The number of hydrogen-bond donors (Lipinski definition) is 1. The van der Waals surface area contributed by atoms with Gasteiger partial charge in [0.05, 0.1) is 10.9 Å². The van der Waals surface area contributed by atoms with E-state index < -0.39 is 0 Å². The first-order chi connectivity index (χ1) is 5.77. The minimum Gasteiger partial charge on any atom is -0.310 e. The van der Waals surface area contributed by atoms with Gasteiger partial charge in [0, 0.05) is 12.4 Å². The van der Waals surface area contributed by atoms with E-state index in [-0.39, 0.29) is 5.56 Å². The molecular formula is C8H7N3O. The topological polar surface area (TPSA) is 58.6 Å². The molecule has 0 unspecified atom stereocenters. The Morgan fingerprint density at radius 2 is 2.33 bits per heavy atom. The van der Waals surface area contributed by atoms with E-state index in [9.17, 15) is 4.79 Å². The quantitative estimate of drug-likeness (QED) is 0.616. The molecule has 60 valence electrons. The summed E-state index contributed by atoms with van der Waals surface area (Å²) in [5.41, 5.74) is 0.553. The van der Waals surface area contributed by atoms with Gasteiger partial charge in [-0.3, -0.25) is 9.78 Å². The van der Waals surface area contributed by atoms with Crippen LogP contribution in [0.4, 0.5) is 0 Å². The summed E-state index contributed by atoms with van der Waals surface area (Å²) in [6.45, 7) is 1.75. The molecule has 2 rings (SSSR count). The number of H-pyrrole nitrogens is 1. The Hall–Kier alpha value is -1.71. The summed E-state index contributed by atoms with van der Waals surface area (Å²) in [6, 6.07) is 1.72. The fourth-order valence-electron chi connectivity index (χ4n) is 1.10. The largest absolute Gasteiger partial charge is 0.310 e. The first kappa shape index (κ1) is 6.97. The fourth-order valence-corrected chi connectivity index (χ4v) is 1.10. The van der Waals surface area contributed by atoms with Crippen LogP contribution in [0, 0.1) is 6.92 Å². The van der Waals surface area contributed by atoms with Gasteiger partial charge >= 0.3 is 0 Å². The lowest BCUT2D eigenvalue weighted by atomic mass is 10.3. The third-order valence-corrected chi connectivity index (χ3v) is 1.63. The van der Waals surface area contributed by atoms with Crippen LogP contribution < -0.4 is 5.56 Å². The van der Waals surface area contributed by atoms with Gasteiger partial charge in [-0.05, 0) is 13.0 Å². The zero-order valence-electron chi connectivity index (χ0n) is 6.53. The number of aryl methyl sites for hydroxylation is 1. The van der Waals surface area contributed by atoms with Gasteiger partial charge < -0.3 is 4.98 Å². The van der Waals surface area contributed by atoms with Crippen molar-refractivity contribution in [2.24, 2.45) is 0 Å². The van der Waals surface area contributed by atoms with Crippen molar-refractivity contribution in [2.75, 3.05) is 0 Å². The first-order valence-electron chi connectivity index (χ1n) is 3.58. The van der Waals surface area contributed by atoms with Crippen molar-refractivity contribution in [1.82, 2.24) is 15.0 Å². The van der Waals surface area contributed by atoms with Crippen molar-refractivity contribution >= 4 is 10.9 Å². The molecule has 2 aromatic heterocycles. The molecule has 0 aromatic carbocycles. The first-order valence-corrected chi connectivity index (χ1v) is 3.58. The van der Waals surface area contributed by atoms with E-state index in [4.69, 9.17) is 0 Å². The lowest BCUT2D eigenvalue weighted by Gasteiger charge is -1.95. The van der Waals surface area contributed by atoms with E-state index in [2.05, 4.69) is 15.0 Å². The van der Waals surface area contributed by atoms with E-state index in [0.717, 1.165) is 0 Å². The summed E-state index contributed by atoms with van der Waals surface area (Å²) >= 11 is 0. The second-order valence-electron chi connectivity index (χ2n) is 2.54. The Kier molecular flexibility index (Phi) is 1.40. The van der Waals surface area contributed by atoms with Crippen LogP contribution in [0.2, 0.25) is 0 Å². The Morgan fingerprint density at radius 1 is 1.50 bits per heavy atom. The van der Waals surface area contributed by atoms with E-state index in [1.807, 2.05) is 0 Å². The highest BCUT2D eigenvalue weighted by molar-refractivity contribution is 5.75. The molecule has 0 bridgehead atoms. The van der Waals surface area contributed by atoms with E-state index in [1.54, 1.807) is 19.2 Å². The van der Waals surface area contributed by atoms with Crippen LogP contribution in [-0.2, 0) is 0 Å². The zero-order valence-corrected chi connectivity index (χ0v) is 6.53. The van der Waals surface area contributed by atoms with E-state index >= 15 is 0 Å². The van der Waals surface area contributed by atoms with Crippen LogP contribution in [0.5, 0.6) is 0 Å². The Balaban J connectivity index is 2.99. The molecule has 0 spiro atoms. The highest BCUT2D eigenvalue weighted by Gasteiger charge is 1.98. The Labute approximate surface area is 68.3 Å². The molecule has 2 heterocycles. The summed E-state index contributed by atoms with van der Waals surface area (Å²) in [7, 11) is 0. The highest BCUT2D eigenvalue weighted by atomic mass is 16.1. The Bertz CT molecular complexity index is 475. The molecule has 1 N–H and O–H groups in total. The molecule has 0 aliphatic heterocycles. The molecule has 4 nitrogen and oxygen atoms in total. The number of fused-ring (bicyclic) bond motifs is 1. The number of hydrogen-bond acceptors (Lipinski definition) is 3. The molecular weight excluding hydrogens is 154 g/mol. The van der Waals surface area contributed by atoms with Gasteiger partial charge in [0.2, 0.25) is 0 Å². The van der Waals surface area contributed by atoms with E-state index in [1.165, 1.54) is 6.20 Å². The molecule has 12 heavy (non-hydrogen) atoms. The van der Waals surface area contributed by atoms with Gasteiger partial charge in [0.1, 0.15) is 5.82 Å². The molecule has 0 aliphatic carbocycles. The maximum absolute atomic E-state index is 11.3. The molecule has 0 fully saturated rings. The number of pyridine rings is 1. The Morgan fingerprint density at radius 3 is 3.17 bits per heavy atom. The zero-order chi connectivity index (χ0) is 8.55. The van der Waals surface area contributed by atoms with Crippen molar-refractivity contribution < 1.29 is 0 Å². The lowest BCUT2D eigenvalue weighted by Crippen LogP contribution is -2.09. The van der Waals surface area contributed by atoms with Crippen molar-refractivity contribution in [3.05, 3.63) is 34.6 Å². The summed E-state index contributed by atoms with van der Waals surface area (Å²) in [6.07, 6.45) is 3.13. The minimum absolute atomic E-state index is 0.134. The smallest absolute Gasteiger partial charge is 0.260 e. The van der Waals surface area contributed by atoms with Crippen LogP contribution >= 0.6 is 0 Å². The molecule has 0 saturated heterocycles. The highest BCUT2D eigenvalue weighted by Crippen LogP contribution is 2.02. The van der Waals surface area contributed by atoms with Crippen molar-refractivity contribution in [3.63, 3.8) is 0 Å². The summed E-state index contributed by atoms with van der Waals surface area (Å²) < 4.78 is 0. The summed E-state index contributed by atoms with van der Waals surface area (Å²) in [5.74, 6) is 0.624. The predicted octanol–water partition coefficient (Wildman–Crippen LogP) is 0.627. The summed E-state index contributed by atoms with van der Waals surface area (Å²) in [5, 5.41) is 0.531. The molecule has 0 saturated carbocycles. The second kappa shape index (κ2) is 2.41. The number of rotatable bonds is 0. The predicted molar refractivity (Wildman–Crippen MR) is 44.9 cm³/mol. The van der Waals surface area contributed by atoms with Gasteiger partial charge in [-0.2, -0.15) is 0 Å². The van der Waals surface area contributed by atoms with Crippen LogP contribution in [0.25, 0.3) is 10.9 Å². The van der Waals surface area contributed by atoms with Gasteiger partial charge in [-0.15, -0.1) is 0 Å². The number of aromatic nitrogens is 3. The van der Waals surface area contributed by atoms with E-state index in [0.29, 0.717) is 16.7 Å². The van der Waals surface area contributed by atoms with Crippen molar-refractivity contribution in [1.29, 1.82) is 0 Å². The van der Waals surface area contributed by atoms with Crippen LogP contribution in [0.15, 0.2) is 23.3 Å². The lowest BCUT2D eigenvalue weighted by molar-refractivity contribution is 1.05. The average molecular weight is 161 g/mol. The maximum Gasteiger partial charge on any atom is 0.260 e. The fraction of sp³-hybridized carbons (Fsp3) is 0.125. The van der Waals surface area contributed by atoms with Crippen molar-refractivity contribution in [2.45, 2.75) is 6.92 Å². The third-order valence-electron chi connectivity index (χ3n) is 1.63. The van der Waals surface area contributed by atoms with Crippen LogP contribution in [0.3, 0.4) is 0 Å². The van der Waals surface area contributed by atoms with Gasteiger partial charge in [-0.1, -0.05) is 0 Å². The second-order valence-corrected chi connectivity index (χ2v) is 2.54. The monoisotopic (exact) mass is 161 g/mol. The van der Waals surface area contributed by atoms with Crippen LogP contribution in [0.1, 0.15) is 5.82 Å². The molecule has 0 radical (unpaired) electrons. The molecule has 0 amide bonds.